The zero-order valence-corrected chi connectivity index (χ0v) is 11.7. The molecule has 1 unspecified atom stereocenters. The van der Waals surface area contributed by atoms with Crippen LogP contribution in [0, 0.1) is 0 Å². The van der Waals surface area contributed by atoms with Crippen molar-refractivity contribution in [2.24, 2.45) is 0 Å². The molecule has 0 aliphatic rings. The van der Waals surface area contributed by atoms with Crippen molar-refractivity contribution < 1.29 is 9.84 Å². The van der Waals surface area contributed by atoms with Gasteiger partial charge in [0.2, 0.25) is 0 Å². The maximum atomic E-state index is 9.43. The van der Waals surface area contributed by atoms with Crippen LogP contribution in [-0.4, -0.2) is 41.8 Å². The molecule has 1 atom stereocenters. The van der Waals surface area contributed by atoms with Crippen molar-refractivity contribution in [3.05, 3.63) is 30.3 Å². The van der Waals surface area contributed by atoms with Crippen molar-refractivity contribution in [3.8, 4) is 5.75 Å². The van der Waals surface area contributed by atoms with E-state index in [1.54, 1.807) is 0 Å². The van der Waals surface area contributed by atoms with Crippen molar-refractivity contribution >= 4 is 0 Å². The second kappa shape index (κ2) is 8.11. The summed E-state index contributed by atoms with van der Waals surface area (Å²) in [7, 11) is 0. The summed E-state index contributed by atoms with van der Waals surface area (Å²) in [6, 6.07) is 10.3. The van der Waals surface area contributed by atoms with Crippen LogP contribution in [0.25, 0.3) is 0 Å². The third kappa shape index (κ3) is 6.03. The van der Waals surface area contributed by atoms with Crippen LogP contribution < -0.4 is 4.74 Å². The van der Waals surface area contributed by atoms with Gasteiger partial charge in [0.1, 0.15) is 5.75 Å². The first-order valence-electron chi connectivity index (χ1n) is 6.69. The Morgan fingerprint density at radius 3 is 2.39 bits per heavy atom. The lowest BCUT2D eigenvalue weighted by atomic mass is 10.2. The van der Waals surface area contributed by atoms with Crippen LogP contribution in [-0.2, 0) is 0 Å². The summed E-state index contributed by atoms with van der Waals surface area (Å²) in [5.41, 5.74) is 0. The van der Waals surface area contributed by atoms with Gasteiger partial charge in [-0.1, -0.05) is 18.2 Å². The first-order chi connectivity index (χ1) is 8.59. The molecular formula is C15H25NO2. The quantitative estimate of drug-likeness (QED) is 0.721. The smallest absolute Gasteiger partial charge is 0.119 e. The molecule has 0 aliphatic heterocycles. The second-order valence-electron chi connectivity index (χ2n) is 4.95. The number of rotatable bonds is 8. The molecule has 102 valence electrons. The van der Waals surface area contributed by atoms with Crippen LogP contribution in [0.15, 0.2) is 30.3 Å². The van der Waals surface area contributed by atoms with Crippen molar-refractivity contribution in [1.29, 1.82) is 0 Å². The van der Waals surface area contributed by atoms with Crippen LogP contribution in [0.1, 0.15) is 27.2 Å². The Kier molecular flexibility index (Phi) is 6.76. The molecule has 1 rings (SSSR count). The molecule has 0 radical (unpaired) electrons. The number of aliphatic hydroxyl groups excluding tert-OH is 1. The summed E-state index contributed by atoms with van der Waals surface area (Å²) in [6.07, 6.45) is 0.697. The Hall–Kier alpha value is -1.06. The Bertz CT molecular complexity index is 312. The summed E-state index contributed by atoms with van der Waals surface area (Å²) >= 11 is 0. The van der Waals surface area contributed by atoms with Gasteiger partial charge in [0.25, 0.3) is 0 Å². The average molecular weight is 251 g/mol. The molecule has 0 saturated carbocycles. The highest BCUT2D eigenvalue weighted by molar-refractivity contribution is 5.20. The molecule has 0 aromatic heterocycles. The lowest BCUT2D eigenvalue weighted by Gasteiger charge is -2.27. The van der Waals surface area contributed by atoms with Crippen LogP contribution in [0.5, 0.6) is 5.75 Å². The maximum Gasteiger partial charge on any atom is 0.119 e. The van der Waals surface area contributed by atoms with Gasteiger partial charge in [0.15, 0.2) is 0 Å². The molecule has 0 fully saturated rings. The van der Waals surface area contributed by atoms with Gasteiger partial charge in [0.05, 0.1) is 12.7 Å². The first kappa shape index (κ1) is 15.0. The van der Waals surface area contributed by atoms with E-state index in [2.05, 4.69) is 18.7 Å². The summed E-state index contributed by atoms with van der Waals surface area (Å²) in [5, 5.41) is 9.43. The number of aliphatic hydroxyl groups is 1. The van der Waals surface area contributed by atoms with Gasteiger partial charge in [-0.3, -0.25) is 4.90 Å². The van der Waals surface area contributed by atoms with Gasteiger partial charge in [-0.25, -0.2) is 0 Å². The zero-order valence-electron chi connectivity index (χ0n) is 11.7. The molecule has 0 amide bonds. The lowest BCUT2D eigenvalue weighted by molar-refractivity contribution is 0.103. The minimum Gasteiger partial charge on any atom is -0.494 e. The van der Waals surface area contributed by atoms with E-state index < -0.39 is 0 Å². The highest BCUT2D eigenvalue weighted by atomic mass is 16.5. The van der Waals surface area contributed by atoms with E-state index in [0.29, 0.717) is 12.6 Å². The largest absolute Gasteiger partial charge is 0.494 e. The van der Waals surface area contributed by atoms with Crippen molar-refractivity contribution in [1.82, 2.24) is 4.90 Å². The van der Waals surface area contributed by atoms with Gasteiger partial charge in [0, 0.05) is 19.1 Å². The Morgan fingerprint density at radius 1 is 1.17 bits per heavy atom. The number of hydrogen-bond donors (Lipinski definition) is 1. The van der Waals surface area contributed by atoms with Crippen LogP contribution in [0.2, 0.25) is 0 Å². The first-order valence-corrected chi connectivity index (χ1v) is 6.69. The Balaban J connectivity index is 2.23. The monoisotopic (exact) mass is 251 g/mol. The average Bonchev–Trinajstić information content (AvgIpc) is 2.33. The van der Waals surface area contributed by atoms with Crippen LogP contribution in [0.4, 0.5) is 0 Å². The number of nitrogens with zero attached hydrogens (tertiary/aromatic N) is 1. The number of ether oxygens (including phenoxy) is 1. The Morgan fingerprint density at radius 2 is 1.83 bits per heavy atom. The van der Waals surface area contributed by atoms with E-state index in [9.17, 15) is 5.11 Å². The fourth-order valence-electron chi connectivity index (χ4n) is 1.87. The molecule has 0 spiro atoms. The summed E-state index contributed by atoms with van der Waals surface area (Å²) in [5.74, 6) is 0.920. The molecule has 1 aromatic carbocycles. The standard InChI is InChI=1S/C15H25NO2/c1-13(2)16(12-14(3)17)10-7-11-18-15-8-5-4-6-9-15/h4-6,8-9,13-14,17H,7,10-12H2,1-3H3. The minimum atomic E-state index is -0.276. The van der Waals surface area contributed by atoms with Gasteiger partial charge in [-0.15, -0.1) is 0 Å². The van der Waals surface area contributed by atoms with E-state index in [0.717, 1.165) is 25.3 Å². The highest BCUT2D eigenvalue weighted by Gasteiger charge is 2.11. The van der Waals surface area contributed by atoms with E-state index in [1.165, 1.54) is 0 Å². The van der Waals surface area contributed by atoms with Crippen LogP contribution >= 0.6 is 0 Å². The molecule has 0 heterocycles. The fraction of sp³-hybridized carbons (Fsp3) is 0.600. The van der Waals surface area contributed by atoms with Gasteiger partial charge < -0.3 is 9.84 Å². The zero-order chi connectivity index (χ0) is 13.4. The molecule has 18 heavy (non-hydrogen) atoms. The molecule has 0 bridgehead atoms. The lowest BCUT2D eigenvalue weighted by Crippen LogP contribution is -2.37. The molecule has 0 saturated heterocycles. The molecule has 3 heteroatoms. The maximum absolute atomic E-state index is 9.43. The van der Waals surface area contributed by atoms with E-state index in [1.807, 2.05) is 37.3 Å². The molecular weight excluding hydrogens is 226 g/mol. The van der Waals surface area contributed by atoms with Gasteiger partial charge in [-0.2, -0.15) is 0 Å². The number of para-hydroxylation sites is 1. The third-order valence-electron chi connectivity index (χ3n) is 2.83. The third-order valence-corrected chi connectivity index (χ3v) is 2.83. The number of benzene rings is 1. The van der Waals surface area contributed by atoms with Gasteiger partial charge >= 0.3 is 0 Å². The molecule has 0 aliphatic carbocycles. The minimum absolute atomic E-state index is 0.276. The Labute approximate surface area is 110 Å². The predicted molar refractivity (Wildman–Crippen MR) is 74.9 cm³/mol. The summed E-state index contributed by atoms with van der Waals surface area (Å²) in [6.45, 7) is 8.53. The highest BCUT2D eigenvalue weighted by Crippen LogP contribution is 2.09. The fourth-order valence-corrected chi connectivity index (χ4v) is 1.87. The molecule has 1 N–H and O–H groups in total. The SMILES string of the molecule is CC(O)CN(CCCOc1ccccc1)C(C)C. The van der Waals surface area contributed by atoms with E-state index in [4.69, 9.17) is 4.74 Å². The van der Waals surface area contributed by atoms with E-state index >= 15 is 0 Å². The number of hydrogen-bond acceptors (Lipinski definition) is 3. The normalized spacial score (nSPS) is 13.0. The van der Waals surface area contributed by atoms with Crippen LogP contribution in [0.3, 0.4) is 0 Å². The summed E-state index contributed by atoms with van der Waals surface area (Å²) in [4.78, 5) is 2.28. The summed E-state index contributed by atoms with van der Waals surface area (Å²) < 4.78 is 5.65. The molecule has 1 aromatic rings. The predicted octanol–water partition coefficient (Wildman–Crippen LogP) is 2.55. The van der Waals surface area contributed by atoms with Crippen molar-refractivity contribution in [2.45, 2.75) is 39.3 Å². The topological polar surface area (TPSA) is 32.7 Å². The van der Waals surface area contributed by atoms with E-state index in [-0.39, 0.29) is 6.10 Å². The molecule has 3 nitrogen and oxygen atoms in total. The second-order valence-corrected chi connectivity index (χ2v) is 4.95. The van der Waals surface area contributed by atoms with Gasteiger partial charge in [-0.05, 0) is 39.3 Å². The van der Waals surface area contributed by atoms with Crippen molar-refractivity contribution in [3.63, 3.8) is 0 Å². The van der Waals surface area contributed by atoms with Crippen molar-refractivity contribution in [2.75, 3.05) is 19.7 Å².